The average molecular weight is 240 g/mol. The molecule has 0 aliphatic carbocycles. The maximum Gasteiger partial charge on any atom is 0.278 e. The molecule has 0 aliphatic rings. The molecule has 0 heterocycles. The van der Waals surface area contributed by atoms with Crippen molar-refractivity contribution in [2.24, 2.45) is 5.73 Å². The molecule has 2 amide bonds. The molecule has 0 aromatic heterocycles. The van der Waals surface area contributed by atoms with Gasteiger partial charge in [0.15, 0.2) is 0 Å². The zero-order valence-electron chi connectivity index (χ0n) is 8.64. The van der Waals surface area contributed by atoms with Crippen molar-refractivity contribution in [3.63, 3.8) is 0 Å². The van der Waals surface area contributed by atoms with E-state index < -0.39 is 5.24 Å². The molecule has 0 aromatic carbocycles. The first-order valence-corrected chi connectivity index (χ1v) is 4.36. The number of nitrogens with two attached hydrogens (primary N) is 1. The van der Waals surface area contributed by atoms with Crippen molar-refractivity contribution in [3.8, 4) is 0 Å². The summed E-state index contributed by atoms with van der Waals surface area (Å²) < 4.78 is 0. The van der Waals surface area contributed by atoms with Gasteiger partial charge in [-0.05, 0) is 13.8 Å². The van der Waals surface area contributed by atoms with Gasteiger partial charge in [0.2, 0.25) is 0 Å². The molecule has 0 saturated heterocycles. The molecule has 0 spiro atoms. The topological polar surface area (TPSA) is 80.5 Å². The Bertz CT molecular complexity index is 175. The maximum absolute atomic E-state index is 9.93. The minimum absolute atomic E-state index is 0.167. The van der Waals surface area contributed by atoms with Gasteiger partial charge in [0, 0.05) is 14.1 Å². The van der Waals surface area contributed by atoms with Crippen LogP contribution in [0.4, 0.5) is 9.59 Å². The lowest BCUT2D eigenvalue weighted by atomic mass is 10.6. The van der Waals surface area contributed by atoms with Crippen molar-refractivity contribution in [3.05, 3.63) is 0 Å². The molecule has 0 aliphatic heterocycles. The van der Waals surface area contributed by atoms with Crippen LogP contribution in [0.5, 0.6) is 0 Å². The highest BCUT2D eigenvalue weighted by atomic mass is 32.1. The predicted octanol–water partition coefficient (Wildman–Crippen LogP) is 1.19. The minimum atomic E-state index is -0.639. The maximum atomic E-state index is 9.93. The van der Waals surface area contributed by atoms with Gasteiger partial charge in [0.1, 0.15) is 5.78 Å². The van der Waals surface area contributed by atoms with Crippen LogP contribution in [0, 0.1) is 0 Å². The van der Waals surface area contributed by atoms with Crippen LogP contribution in [0.3, 0.4) is 0 Å². The number of hydrogen-bond donors (Lipinski definition) is 3. The third-order valence-corrected chi connectivity index (χ3v) is 0.783. The number of rotatable bonds is 0. The van der Waals surface area contributed by atoms with Gasteiger partial charge >= 0.3 is 0 Å². The second-order valence-corrected chi connectivity index (χ2v) is 3.25. The summed E-state index contributed by atoms with van der Waals surface area (Å²) in [6.45, 7) is 3.06. The number of carbonyl (C=O) groups is 3. The van der Waals surface area contributed by atoms with Gasteiger partial charge in [0.25, 0.3) is 10.5 Å². The van der Waals surface area contributed by atoms with Gasteiger partial charge < -0.3 is 15.4 Å². The summed E-state index contributed by atoms with van der Waals surface area (Å²) in [5, 5.41) is -0.852. The van der Waals surface area contributed by atoms with Gasteiger partial charge in [-0.3, -0.25) is 9.59 Å². The Balaban J connectivity index is -0.000000135. The van der Waals surface area contributed by atoms with E-state index in [4.69, 9.17) is 4.79 Å². The second kappa shape index (κ2) is 12.3. The van der Waals surface area contributed by atoms with Gasteiger partial charge in [-0.25, -0.2) is 0 Å². The Morgan fingerprint density at radius 2 is 1.14 bits per heavy atom. The summed E-state index contributed by atoms with van der Waals surface area (Å²) in [5.41, 5.74) is 4.34. The van der Waals surface area contributed by atoms with Crippen molar-refractivity contribution in [2.75, 3.05) is 14.1 Å². The molecule has 7 heteroatoms. The Labute approximate surface area is 94.8 Å². The third-order valence-electron chi connectivity index (χ3n) is 0.383. The number of nitrogens with zero attached hydrogens (tertiary/aromatic N) is 1. The van der Waals surface area contributed by atoms with Crippen LogP contribution in [0.1, 0.15) is 13.8 Å². The number of primary amides is 1. The Morgan fingerprint density at radius 3 is 1.14 bits per heavy atom. The summed E-state index contributed by atoms with van der Waals surface area (Å²) >= 11 is 6.58. The van der Waals surface area contributed by atoms with E-state index in [0.717, 1.165) is 0 Å². The van der Waals surface area contributed by atoms with Crippen molar-refractivity contribution in [1.82, 2.24) is 4.90 Å². The minimum Gasteiger partial charge on any atom is -0.361 e. The molecule has 0 saturated carbocycles. The number of amides is 2. The van der Waals surface area contributed by atoms with Crippen molar-refractivity contribution < 1.29 is 14.4 Å². The summed E-state index contributed by atoms with van der Waals surface area (Å²) in [5.74, 6) is 0.167. The van der Waals surface area contributed by atoms with Crippen LogP contribution in [-0.4, -0.2) is 35.3 Å². The molecule has 0 radical (unpaired) electrons. The van der Waals surface area contributed by atoms with Gasteiger partial charge in [-0.15, -0.1) is 0 Å². The van der Waals surface area contributed by atoms with E-state index in [0.29, 0.717) is 0 Å². The summed E-state index contributed by atoms with van der Waals surface area (Å²) in [7, 11) is 3.30. The zero-order chi connectivity index (χ0) is 12.3. The molecule has 5 nitrogen and oxygen atoms in total. The summed E-state index contributed by atoms with van der Waals surface area (Å²) in [4.78, 5) is 29.9. The monoisotopic (exact) mass is 240 g/mol. The van der Waals surface area contributed by atoms with E-state index in [1.165, 1.54) is 18.7 Å². The predicted molar refractivity (Wildman–Crippen MR) is 63.0 cm³/mol. The van der Waals surface area contributed by atoms with E-state index in [2.05, 4.69) is 31.0 Å². The first-order valence-electron chi connectivity index (χ1n) is 3.47. The summed E-state index contributed by atoms with van der Waals surface area (Å²) in [6.07, 6.45) is 0. The van der Waals surface area contributed by atoms with Gasteiger partial charge in [-0.2, -0.15) is 0 Å². The van der Waals surface area contributed by atoms with Crippen molar-refractivity contribution in [1.29, 1.82) is 0 Å². The smallest absolute Gasteiger partial charge is 0.278 e. The zero-order valence-corrected chi connectivity index (χ0v) is 10.4. The fraction of sp³-hybridized carbons (Fsp3) is 0.571. The van der Waals surface area contributed by atoms with Gasteiger partial charge in [0.05, 0.1) is 0 Å². The average Bonchev–Trinajstić information content (AvgIpc) is 1.83. The molecule has 14 heavy (non-hydrogen) atoms. The number of carbonyl (C=O) groups excluding carboxylic acids is 3. The molecular formula is C7H16N2O3S2. The van der Waals surface area contributed by atoms with Crippen LogP contribution >= 0.6 is 25.3 Å². The van der Waals surface area contributed by atoms with E-state index in [-0.39, 0.29) is 11.0 Å². The van der Waals surface area contributed by atoms with Crippen LogP contribution in [-0.2, 0) is 4.79 Å². The standard InChI is InChI=1S/C3H7NOS.C3H6O.CH3NOS/c1-4(2)3(5)6;1-3(2)4;2-1(3)4/h1-2H3,(H,5,6);1-2H3;(H3,2,3,4). The highest BCUT2D eigenvalue weighted by Crippen LogP contribution is 1.82. The van der Waals surface area contributed by atoms with Crippen LogP contribution in [0.15, 0.2) is 0 Å². The number of Topliss-reactive ketones (excluding diaryl/α,β-unsaturated/α-hetero) is 1. The fourth-order valence-corrected chi connectivity index (χ4v) is 0. The molecule has 0 bridgehead atoms. The molecule has 0 rings (SSSR count). The largest absolute Gasteiger partial charge is 0.361 e. The second-order valence-electron chi connectivity index (χ2n) is 2.42. The van der Waals surface area contributed by atoms with E-state index in [9.17, 15) is 9.59 Å². The molecule has 0 aromatic rings. The van der Waals surface area contributed by atoms with Crippen molar-refractivity contribution >= 4 is 41.5 Å². The molecule has 0 atom stereocenters. The number of thiol groups is 2. The molecule has 84 valence electrons. The molecule has 0 unspecified atom stereocenters. The lowest BCUT2D eigenvalue weighted by molar-refractivity contribution is -0.114. The van der Waals surface area contributed by atoms with E-state index in [1.807, 2.05) is 0 Å². The first kappa shape index (κ1) is 19.0. The highest BCUT2D eigenvalue weighted by molar-refractivity contribution is 7.96. The Hall–Kier alpha value is -0.690. The van der Waals surface area contributed by atoms with Crippen molar-refractivity contribution in [2.45, 2.75) is 13.8 Å². The first-order chi connectivity index (χ1) is 6.11. The summed E-state index contributed by atoms with van der Waals surface area (Å²) in [6, 6.07) is 0. The number of hydrogen-bond acceptors (Lipinski definition) is 3. The lowest BCUT2D eigenvalue weighted by Crippen LogP contribution is -2.13. The van der Waals surface area contributed by atoms with Crippen LogP contribution < -0.4 is 5.73 Å². The van der Waals surface area contributed by atoms with Crippen LogP contribution in [0.2, 0.25) is 0 Å². The molecule has 0 fully saturated rings. The Morgan fingerprint density at radius 1 is 1.07 bits per heavy atom. The lowest BCUT2D eigenvalue weighted by Gasteiger charge is -2.01. The Kier molecular flexibility index (Phi) is 16.7. The SMILES string of the molecule is CC(C)=O.CN(C)C(=O)S.NC(=O)S. The molecular weight excluding hydrogens is 224 g/mol. The van der Waals surface area contributed by atoms with Gasteiger partial charge in [-0.1, -0.05) is 25.3 Å². The van der Waals surface area contributed by atoms with E-state index in [1.54, 1.807) is 14.1 Å². The van der Waals surface area contributed by atoms with E-state index >= 15 is 0 Å². The highest BCUT2D eigenvalue weighted by Gasteiger charge is 1.89. The third kappa shape index (κ3) is 110. The fourth-order valence-electron chi connectivity index (χ4n) is 0. The molecule has 2 N–H and O–H groups in total. The number of ketones is 1. The van der Waals surface area contributed by atoms with Crippen LogP contribution in [0.25, 0.3) is 0 Å². The normalized spacial score (nSPS) is 7.00. The quantitative estimate of drug-likeness (QED) is 0.556.